The van der Waals surface area contributed by atoms with Gasteiger partial charge in [0.05, 0.1) is 6.54 Å². The van der Waals surface area contributed by atoms with Crippen molar-refractivity contribution < 1.29 is 27.5 Å². The molecular weight excluding hydrogens is 277 g/mol. The summed E-state index contributed by atoms with van der Waals surface area (Å²) in [5.74, 6) is -1.21. The molecule has 0 radical (unpaired) electrons. The third-order valence-corrected chi connectivity index (χ3v) is 2.78. The van der Waals surface area contributed by atoms with E-state index >= 15 is 0 Å². The van der Waals surface area contributed by atoms with Gasteiger partial charge in [-0.15, -0.1) is 13.2 Å². The number of piperazine rings is 1. The molecule has 8 heteroatoms. The maximum Gasteiger partial charge on any atom is 0.573 e. The van der Waals surface area contributed by atoms with Gasteiger partial charge >= 0.3 is 6.36 Å². The molecule has 1 unspecified atom stereocenters. The van der Waals surface area contributed by atoms with Gasteiger partial charge in [-0.3, -0.25) is 14.5 Å². The average Bonchev–Trinajstić information content (AvgIpc) is 2.33. The molecule has 1 aliphatic rings. The molecule has 108 valence electrons. The Morgan fingerprint density at radius 2 is 2.05 bits per heavy atom. The van der Waals surface area contributed by atoms with Crippen LogP contribution in [0.5, 0.6) is 5.75 Å². The first-order valence-corrected chi connectivity index (χ1v) is 5.73. The molecule has 0 aromatic heterocycles. The fourth-order valence-corrected chi connectivity index (χ4v) is 1.93. The lowest BCUT2D eigenvalue weighted by Gasteiger charge is -2.32. The number of halogens is 3. The molecule has 1 atom stereocenters. The van der Waals surface area contributed by atoms with Gasteiger partial charge in [-0.25, -0.2) is 0 Å². The number of carbonyl (C=O) groups excluding carboxylic acids is 2. The van der Waals surface area contributed by atoms with Crippen LogP contribution in [-0.4, -0.2) is 30.8 Å². The van der Waals surface area contributed by atoms with Crippen molar-refractivity contribution in [3.8, 4) is 5.75 Å². The van der Waals surface area contributed by atoms with Crippen LogP contribution in [-0.2, 0) is 9.59 Å². The molecule has 2 amide bonds. The largest absolute Gasteiger partial charge is 0.573 e. The minimum absolute atomic E-state index is 0.180. The van der Waals surface area contributed by atoms with E-state index in [4.69, 9.17) is 0 Å². The number of amides is 2. The Morgan fingerprint density at radius 3 is 2.70 bits per heavy atom. The van der Waals surface area contributed by atoms with E-state index in [-0.39, 0.29) is 18.1 Å². The summed E-state index contributed by atoms with van der Waals surface area (Å²) in [5.41, 5.74) is 0.180. The number of alkyl halides is 3. The fourth-order valence-electron chi connectivity index (χ4n) is 1.93. The van der Waals surface area contributed by atoms with E-state index < -0.39 is 24.1 Å². The van der Waals surface area contributed by atoms with Gasteiger partial charge in [0.1, 0.15) is 11.8 Å². The lowest BCUT2D eigenvalue weighted by Crippen LogP contribution is -2.57. The van der Waals surface area contributed by atoms with Crippen molar-refractivity contribution in [1.82, 2.24) is 5.32 Å². The van der Waals surface area contributed by atoms with E-state index in [2.05, 4.69) is 10.1 Å². The summed E-state index contributed by atoms with van der Waals surface area (Å²) in [6.45, 7) is 1.30. The minimum atomic E-state index is -4.81. The lowest BCUT2D eigenvalue weighted by atomic mass is 10.1. The van der Waals surface area contributed by atoms with Crippen molar-refractivity contribution in [2.24, 2.45) is 0 Å². The second-order valence-electron chi connectivity index (χ2n) is 4.20. The predicted molar refractivity (Wildman–Crippen MR) is 63.1 cm³/mol. The van der Waals surface area contributed by atoms with Crippen molar-refractivity contribution in [3.05, 3.63) is 24.3 Å². The molecule has 0 saturated carbocycles. The van der Waals surface area contributed by atoms with Crippen LogP contribution in [0.2, 0.25) is 0 Å². The van der Waals surface area contributed by atoms with Gasteiger partial charge in [0.25, 0.3) is 0 Å². The van der Waals surface area contributed by atoms with Crippen LogP contribution in [0, 0.1) is 0 Å². The molecule has 0 aliphatic carbocycles. The van der Waals surface area contributed by atoms with Crippen molar-refractivity contribution >= 4 is 17.5 Å². The first kappa shape index (κ1) is 14.2. The summed E-state index contributed by atoms with van der Waals surface area (Å²) < 4.78 is 40.3. The number of hydrogen-bond acceptors (Lipinski definition) is 3. The highest BCUT2D eigenvalue weighted by molar-refractivity contribution is 6.06. The third kappa shape index (κ3) is 3.01. The Balaban J connectivity index is 2.30. The Hall–Kier alpha value is -2.25. The molecule has 1 heterocycles. The SMILES string of the molecule is CC1C(=O)NCC(=O)N1c1cccc(OC(F)(F)F)c1. The molecule has 1 aromatic rings. The van der Waals surface area contributed by atoms with Crippen LogP contribution in [0.25, 0.3) is 0 Å². The summed E-state index contributed by atoms with van der Waals surface area (Å²) in [7, 11) is 0. The molecule has 1 fully saturated rings. The van der Waals surface area contributed by atoms with Crippen LogP contribution < -0.4 is 15.0 Å². The molecule has 0 spiro atoms. The zero-order chi connectivity index (χ0) is 14.9. The van der Waals surface area contributed by atoms with E-state index in [0.717, 1.165) is 17.0 Å². The van der Waals surface area contributed by atoms with E-state index in [9.17, 15) is 22.8 Å². The molecular formula is C12H11F3N2O3. The van der Waals surface area contributed by atoms with Gasteiger partial charge in [-0.1, -0.05) is 6.07 Å². The zero-order valence-corrected chi connectivity index (χ0v) is 10.4. The normalized spacial score (nSPS) is 19.8. The number of benzene rings is 1. The fraction of sp³-hybridized carbons (Fsp3) is 0.333. The number of hydrogen-bond donors (Lipinski definition) is 1. The summed E-state index contributed by atoms with van der Waals surface area (Å²) in [6, 6.07) is 4.16. The monoisotopic (exact) mass is 288 g/mol. The van der Waals surface area contributed by atoms with Crippen LogP contribution in [0.4, 0.5) is 18.9 Å². The maximum absolute atomic E-state index is 12.2. The molecule has 1 aliphatic heterocycles. The summed E-state index contributed by atoms with van der Waals surface area (Å²) in [4.78, 5) is 24.5. The van der Waals surface area contributed by atoms with Crippen LogP contribution >= 0.6 is 0 Å². The highest BCUT2D eigenvalue weighted by Crippen LogP contribution is 2.28. The number of rotatable bonds is 2. The average molecular weight is 288 g/mol. The van der Waals surface area contributed by atoms with Gasteiger partial charge in [0.15, 0.2) is 0 Å². The number of nitrogens with one attached hydrogen (secondary N) is 1. The summed E-state index contributed by atoms with van der Waals surface area (Å²) in [5, 5.41) is 2.39. The number of anilines is 1. The maximum atomic E-state index is 12.2. The van der Waals surface area contributed by atoms with Crippen molar-refractivity contribution in [3.63, 3.8) is 0 Å². The van der Waals surface area contributed by atoms with Gasteiger partial charge in [-0.05, 0) is 19.1 Å². The van der Waals surface area contributed by atoms with Gasteiger partial charge in [0.2, 0.25) is 11.8 Å². The molecule has 0 bridgehead atoms. The Labute approximate surface area is 112 Å². The van der Waals surface area contributed by atoms with Crippen molar-refractivity contribution in [1.29, 1.82) is 0 Å². The van der Waals surface area contributed by atoms with E-state index in [1.54, 1.807) is 0 Å². The van der Waals surface area contributed by atoms with Crippen LogP contribution in [0.1, 0.15) is 6.92 Å². The first-order valence-electron chi connectivity index (χ1n) is 5.73. The Morgan fingerprint density at radius 1 is 1.35 bits per heavy atom. The molecule has 20 heavy (non-hydrogen) atoms. The zero-order valence-electron chi connectivity index (χ0n) is 10.4. The van der Waals surface area contributed by atoms with Crippen LogP contribution in [0.15, 0.2) is 24.3 Å². The quantitative estimate of drug-likeness (QED) is 0.895. The van der Waals surface area contributed by atoms with Gasteiger partial charge in [-0.2, -0.15) is 0 Å². The smallest absolute Gasteiger partial charge is 0.406 e. The lowest BCUT2D eigenvalue weighted by molar-refractivity contribution is -0.274. The minimum Gasteiger partial charge on any atom is -0.406 e. The van der Waals surface area contributed by atoms with Gasteiger partial charge in [0, 0.05) is 11.8 Å². The Kier molecular flexibility index (Phi) is 3.56. The molecule has 2 rings (SSSR count). The number of carbonyl (C=O) groups is 2. The van der Waals surface area contributed by atoms with Crippen molar-refractivity contribution in [2.45, 2.75) is 19.3 Å². The second-order valence-corrected chi connectivity index (χ2v) is 4.20. The predicted octanol–water partition coefficient (Wildman–Crippen LogP) is 1.44. The highest BCUT2D eigenvalue weighted by atomic mass is 19.4. The summed E-state index contributed by atoms with van der Waals surface area (Å²) >= 11 is 0. The van der Waals surface area contributed by atoms with E-state index in [1.807, 2.05) is 0 Å². The Bertz CT molecular complexity index is 545. The highest BCUT2D eigenvalue weighted by Gasteiger charge is 2.34. The number of ether oxygens (including phenoxy) is 1. The summed E-state index contributed by atoms with van der Waals surface area (Å²) in [6.07, 6.45) is -4.81. The number of nitrogens with zero attached hydrogens (tertiary/aromatic N) is 1. The molecule has 1 saturated heterocycles. The first-order chi connectivity index (χ1) is 9.28. The van der Waals surface area contributed by atoms with E-state index in [1.165, 1.54) is 19.1 Å². The van der Waals surface area contributed by atoms with Gasteiger partial charge < -0.3 is 10.1 Å². The van der Waals surface area contributed by atoms with Crippen LogP contribution in [0.3, 0.4) is 0 Å². The third-order valence-electron chi connectivity index (χ3n) is 2.78. The van der Waals surface area contributed by atoms with Crippen molar-refractivity contribution in [2.75, 3.05) is 11.4 Å². The molecule has 1 N–H and O–H groups in total. The topological polar surface area (TPSA) is 58.6 Å². The van der Waals surface area contributed by atoms with E-state index in [0.29, 0.717) is 0 Å². The molecule has 1 aromatic carbocycles. The molecule has 5 nitrogen and oxygen atoms in total. The standard InChI is InChI=1S/C12H11F3N2O3/c1-7-11(19)16-6-10(18)17(7)8-3-2-4-9(5-8)20-12(13,14)15/h2-5,7H,6H2,1H3,(H,16,19). The second kappa shape index (κ2) is 5.03.